The van der Waals surface area contributed by atoms with Crippen LogP contribution in [0.1, 0.15) is 38.4 Å². The van der Waals surface area contributed by atoms with E-state index in [-0.39, 0.29) is 6.10 Å². The lowest BCUT2D eigenvalue weighted by Crippen LogP contribution is -2.20. The van der Waals surface area contributed by atoms with Crippen LogP contribution in [0.15, 0.2) is 36.7 Å². The molecule has 1 fully saturated rings. The third kappa shape index (κ3) is 4.82. The number of anilines is 2. The topological polar surface area (TPSA) is 70.5 Å². The van der Waals surface area contributed by atoms with Crippen molar-refractivity contribution in [3.8, 4) is 5.75 Å². The number of hydrogen-bond acceptors (Lipinski definition) is 6. The Morgan fingerprint density at radius 3 is 2.76 bits per heavy atom. The lowest BCUT2D eigenvalue weighted by Gasteiger charge is -2.18. The van der Waals surface area contributed by atoms with Crippen molar-refractivity contribution in [2.45, 2.75) is 38.9 Å². The van der Waals surface area contributed by atoms with Gasteiger partial charge in [-0.2, -0.15) is 0 Å². The van der Waals surface area contributed by atoms with Crippen molar-refractivity contribution in [2.24, 2.45) is 0 Å². The molecule has 1 aromatic heterocycles. The van der Waals surface area contributed by atoms with Crippen LogP contribution < -0.4 is 15.0 Å². The lowest BCUT2D eigenvalue weighted by atomic mass is 10.1. The molecule has 6 heteroatoms. The Hall–Kier alpha value is -2.34. The Morgan fingerprint density at radius 2 is 2.00 bits per heavy atom. The molecule has 0 amide bonds. The minimum Gasteiger partial charge on any atom is -0.491 e. The standard InChI is InChI=1S/C19H26N4O2/c1-14(2)25-16-7-5-6-15(10-16)17(24)12-20-18-11-19(22-13-21-18)23-8-3-4-9-23/h5-7,10-11,13-14,17,24H,3-4,8-9,12H2,1-2H3,(H,20,21,22). The molecule has 0 bridgehead atoms. The molecule has 0 saturated carbocycles. The summed E-state index contributed by atoms with van der Waals surface area (Å²) in [6, 6.07) is 9.51. The van der Waals surface area contributed by atoms with Gasteiger partial charge in [0.15, 0.2) is 0 Å². The number of nitrogens with zero attached hydrogens (tertiary/aromatic N) is 3. The average molecular weight is 342 g/mol. The van der Waals surface area contributed by atoms with Gasteiger partial charge in [-0.25, -0.2) is 9.97 Å². The van der Waals surface area contributed by atoms with Crippen LogP contribution in [-0.2, 0) is 0 Å². The molecule has 1 unspecified atom stereocenters. The summed E-state index contributed by atoms with van der Waals surface area (Å²) >= 11 is 0. The molecule has 2 aromatic rings. The van der Waals surface area contributed by atoms with Crippen LogP contribution in [0.5, 0.6) is 5.75 Å². The van der Waals surface area contributed by atoms with Gasteiger partial charge in [0.25, 0.3) is 0 Å². The van der Waals surface area contributed by atoms with Gasteiger partial charge >= 0.3 is 0 Å². The molecule has 1 aliphatic rings. The summed E-state index contributed by atoms with van der Waals surface area (Å²) in [7, 11) is 0. The molecule has 3 rings (SSSR count). The molecule has 0 radical (unpaired) electrons. The number of aromatic nitrogens is 2. The van der Waals surface area contributed by atoms with E-state index in [1.807, 2.05) is 44.2 Å². The lowest BCUT2D eigenvalue weighted by molar-refractivity contribution is 0.189. The molecule has 134 valence electrons. The number of aliphatic hydroxyl groups excluding tert-OH is 1. The van der Waals surface area contributed by atoms with E-state index in [0.717, 1.165) is 36.0 Å². The Labute approximate surface area is 148 Å². The van der Waals surface area contributed by atoms with Gasteiger partial charge in [-0.3, -0.25) is 0 Å². The van der Waals surface area contributed by atoms with E-state index >= 15 is 0 Å². The van der Waals surface area contributed by atoms with E-state index in [1.54, 1.807) is 6.33 Å². The molecule has 6 nitrogen and oxygen atoms in total. The fourth-order valence-electron chi connectivity index (χ4n) is 2.95. The van der Waals surface area contributed by atoms with E-state index < -0.39 is 6.10 Å². The number of benzene rings is 1. The first-order valence-corrected chi connectivity index (χ1v) is 8.87. The van der Waals surface area contributed by atoms with Crippen molar-refractivity contribution in [3.05, 3.63) is 42.2 Å². The highest BCUT2D eigenvalue weighted by molar-refractivity contribution is 5.49. The first kappa shape index (κ1) is 17.5. The maximum atomic E-state index is 10.4. The van der Waals surface area contributed by atoms with E-state index in [0.29, 0.717) is 6.54 Å². The van der Waals surface area contributed by atoms with Gasteiger partial charge in [-0.05, 0) is 44.4 Å². The van der Waals surface area contributed by atoms with Crippen LogP contribution in [-0.4, -0.2) is 40.8 Å². The fourth-order valence-corrected chi connectivity index (χ4v) is 2.95. The minimum absolute atomic E-state index is 0.107. The molecule has 1 aliphatic heterocycles. The van der Waals surface area contributed by atoms with E-state index in [4.69, 9.17) is 4.74 Å². The van der Waals surface area contributed by atoms with Gasteiger partial charge in [0.2, 0.25) is 0 Å². The normalized spacial score (nSPS) is 15.4. The SMILES string of the molecule is CC(C)Oc1cccc(C(O)CNc2cc(N3CCCC3)ncn2)c1. The second kappa shape index (κ2) is 8.16. The second-order valence-corrected chi connectivity index (χ2v) is 6.59. The molecule has 2 heterocycles. The predicted molar refractivity (Wildman–Crippen MR) is 99.1 cm³/mol. The Balaban J connectivity index is 1.60. The number of rotatable bonds is 7. The van der Waals surface area contributed by atoms with Crippen LogP contribution in [0.4, 0.5) is 11.6 Å². The Bertz CT molecular complexity index is 687. The highest BCUT2D eigenvalue weighted by Gasteiger charge is 2.14. The van der Waals surface area contributed by atoms with Gasteiger partial charge in [0, 0.05) is 25.7 Å². The van der Waals surface area contributed by atoms with E-state index in [9.17, 15) is 5.11 Å². The summed E-state index contributed by atoms with van der Waals surface area (Å²) in [6.45, 7) is 6.43. The largest absolute Gasteiger partial charge is 0.491 e. The summed E-state index contributed by atoms with van der Waals surface area (Å²) in [4.78, 5) is 10.9. The molecule has 1 saturated heterocycles. The zero-order valence-electron chi connectivity index (χ0n) is 14.9. The van der Waals surface area contributed by atoms with Crippen molar-refractivity contribution < 1.29 is 9.84 Å². The van der Waals surface area contributed by atoms with Gasteiger partial charge in [0.1, 0.15) is 23.7 Å². The van der Waals surface area contributed by atoms with Gasteiger partial charge in [0.05, 0.1) is 12.2 Å². The maximum absolute atomic E-state index is 10.4. The van der Waals surface area contributed by atoms with Gasteiger partial charge < -0.3 is 20.1 Å². The fraction of sp³-hybridized carbons (Fsp3) is 0.474. The van der Waals surface area contributed by atoms with Crippen molar-refractivity contribution in [1.82, 2.24) is 9.97 Å². The molecule has 2 N–H and O–H groups in total. The van der Waals surface area contributed by atoms with E-state index in [2.05, 4.69) is 20.2 Å². The Kier molecular flexibility index (Phi) is 5.71. The minimum atomic E-state index is -0.638. The smallest absolute Gasteiger partial charge is 0.134 e. The molecule has 25 heavy (non-hydrogen) atoms. The van der Waals surface area contributed by atoms with Gasteiger partial charge in [-0.1, -0.05) is 12.1 Å². The monoisotopic (exact) mass is 342 g/mol. The van der Waals surface area contributed by atoms with Crippen molar-refractivity contribution >= 4 is 11.6 Å². The summed E-state index contributed by atoms with van der Waals surface area (Å²) in [5.41, 5.74) is 0.819. The predicted octanol–water partition coefficient (Wildman–Crippen LogP) is 3.01. The summed E-state index contributed by atoms with van der Waals surface area (Å²) < 4.78 is 5.68. The average Bonchev–Trinajstić information content (AvgIpc) is 3.14. The van der Waals surface area contributed by atoms with E-state index in [1.165, 1.54) is 12.8 Å². The zero-order chi connectivity index (χ0) is 17.6. The van der Waals surface area contributed by atoms with Crippen molar-refractivity contribution in [1.29, 1.82) is 0 Å². The Morgan fingerprint density at radius 1 is 1.20 bits per heavy atom. The molecule has 1 aromatic carbocycles. The molecule has 0 spiro atoms. The van der Waals surface area contributed by atoms with Gasteiger partial charge in [-0.15, -0.1) is 0 Å². The molecular weight excluding hydrogens is 316 g/mol. The highest BCUT2D eigenvalue weighted by Crippen LogP contribution is 2.22. The first-order valence-electron chi connectivity index (χ1n) is 8.87. The van der Waals surface area contributed by atoms with Crippen LogP contribution in [0.3, 0.4) is 0 Å². The molecule has 0 aliphatic carbocycles. The zero-order valence-corrected chi connectivity index (χ0v) is 14.9. The summed E-state index contributed by atoms with van der Waals surface area (Å²) in [5.74, 6) is 2.44. The summed E-state index contributed by atoms with van der Waals surface area (Å²) in [6.07, 6.45) is 3.46. The van der Waals surface area contributed by atoms with Crippen LogP contribution in [0.25, 0.3) is 0 Å². The number of ether oxygens (including phenoxy) is 1. The third-order valence-electron chi connectivity index (χ3n) is 4.17. The maximum Gasteiger partial charge on any atom is 0.134 e. The van der Waals surface area contributed by atoms with Crippen molar-refractivity contribution in [3.63, 3.8) is 0 Å². The number of nitrogens with one attached hydrogen (secondary N) is 1. The van der Waals surface area contributed by atoms with Crippen LogP contribution in [0, 0.1) is 0 Å². The highest BCUT2D eigenvalue weighted by atomic mass is 16.5. The van der Waals surface area contributed by atoms with Crippen LogP contribution >= 0.6 is 0 Å². The summed E-state index contributed by atoms with van der Waals surface area (Å²) in [5, 5.41) is 13.6. The second-order valence-electron chi connectivity index (χ2n) is 6.59. The first-order chi connectivity index (χ1) is 12.1. The number of aliphatic hydroxyl groups is 1. The quantitative estimate of drug-likeness (QED) is 0.806. The number of hydrogen-bond donors (Lipinski definition) is 2. The molecule has 1 atom stereocenters. The van der Waals surface area contributed by atoms with Crippen molar-refractivity contribution in [2.75, 3.05) is 29.9 Å². The molecular formula is C19H26N4O2. The van der Waals surface area contributed by atoms with Crippen LogP contribution in [0.2, 0.25) is 0 Å². The third-order valence-corrected chi connectivity index (χ3v) is 4.17.